The molecule has 0 spiro atoms. The van der Waals surface area contributed by atoms with Crippen LogP contribution in [0.2, 0.25) is 5.02 Å². The maximum absolute atomic E-state index is 13.0. The summed E-state index contributed by atoms with van der Waals surface area (Å²) >= 11 is 6.11. The SMILES string of the molecule is COCCCN1C(=O)C(=O)/C(=C(\O)c2ccc(OC(C)C)c(C)c2)C1c1ccc(O)c(Cl)c1. The number of aromatic hydroxyl groups is 1. The first-order valence-corrected chi connectivity index (χ1v) is 11.1. The number of aliphatic hydroxyl groups is 1. The molecule has 3 rings (SSSR count). The Morgan fingerprint density at radius 3 is 2.52 bits per heavy atom. The number of hydrogen-bond acceptors (Lipinski definition) is 6. The zero-order chi connectivity index (χ0) is 24.3. The lowest BCUT2D eigenvalue weighted by Gasteiger charge is -2.25. The molecule has 0 aliphatic carbocycles. The number of Topliss-reactive ketones (excluding diaryl/α,β-unsaturated/α-hetero) is 1. The van der Waals surface area contributed by atoms with Crippen molar-refractivity contribution in [1.82, 2.24) is 4.90 Å². The molecule has 1 fully saturated rings. The largest absolute Gasteiger partial charge is 0.507 e. The summed E-state index contributed by atoms with van der Waals surface area (Å²) in [5.41, 5.74) is 1.66. The fourth-order valence-electron chi connectivity index (χ4n) is 3.87. The van der Waals surface area contributed by atoms with Crippen molar-refractivity contribution in [1.29, 1.82) is 0 Å². The molecule has 0 aromatic heterocycles. The number of halogens is 1. The molecular weight excluding hydrogens is 446 g/mol. The number of amides is 1. The number of ketones is 1. The first-order valence-electron chi connectivity index (χ1n) is 10.7. The third-order valence-corrected chi connectivity index (χ3v) is 5.69. The van der Waals surface area contributed by atoms with Crippen LogP contribution < -0.4 is 4.74 Å². The Morgan fingerprint density at radius 2 is 1.91 bits per heavy atom. The van der Waals surface area contributed by atoms with Crippen molar-refractivity contribution in [2.24, 2.45) is 0 Å². The lowest BCUT2D eigenvalue weighted by atomic mass is 9.94. The lowest BCUT2D eigenvalue weighted by Crippen LogP contribution is -2.31. The van der Waals surface area contributed by atoms with E-state index in [2.05, 4.69) is 0 Å². The summed E-state index contributed by atoms with van der Waals surface area (Å²) in [6.07, 6.45) is 0.492. The number of phenols is 1. The van der Waals surface area contributed by atoms with E-state index in [1.54, 1.807) is 31.4 Å². The fourth-order valence-corrected chi connectivity index (χ4v) is 4.06. The van der Waals surface area contributed by atoms with Crippen LogP contribution in [0.4, 0.5) is 0 Å². The van der Waals surface area contributed by atoms with E-state index in [9.17, 15) is 19.8 Å². The van der Waals surface area contributed by atoms with Gasteiger partial charge in [-0.3, -0.25) is 9.59 Å². The summed E-state index contributed by atoms with van der Waals surface area (Å²) in [5.74, 6) is -1.22. The Labute approximate surface area is 198 Å². The third kappa shape index (κ3) is 5.15. The molecule has 1 aliphatic rings. The zero-order valence-electron chi connectivity index (χ0n) is 19.1. The van der Waals surface area contributed by atoms with Gasteiger partial charge in [-0.2, -0.15) is 0 Å². The van der Waals surface area contributed by atoms with Crippen LogP contribution in [0.3, 0.4) is 0 Å². The third-order valence-electron chi connectivity index (χ3n) is 5.39. The summed E-state index contributed by atoms with van der Waals surface area (Å²) in [4.78, 5) is 27.4. The Morgan fingerprint density at radius 1 is 1.18 bits per heavy atom. The van der Waals surface area contributed by atoms with Crippen LogP contribution in [0.1, 0.15) is 43.0 Å². The van der Waals surface area contributed by atoms with Crippen LogP contribution in [0.5, 0.6) is 11.5 Å². The summed E-state index contributed by atoms with van der Waals surface area (Å²) < 4.78 is 10.8. The number of hydrogen-bond donors (Lipinski definition) is 2. The van der Waals surface area contributed by atoms with Gasteiger partial charge in [0, 0.05) is 25.8 Å². The first-order chi connectivity index (χ1) is 15.6. The standard InChI is InChI=1S/C25H28ClNO6/c1-14(2)33-20-9-7-17(12-15(20)3)23(29)21-22(16-6-8-19(28)18(26)13-16)27(10-5-11-32-4)25(31)24(21)30/h6-9,12-14,22,28-29H,5,10-11H2,1-4H3/b23-21-. The van der Waals surface area contributed by atoms with Crippen LogP contribution in [0.25, 0.3) is 5.76 Å². The van der Waals surface area contributed by atoms with Gasteiger partial charge >= 0.3 is 0 Å². The molecule has 2 aromatic carbocycles. The normalized spacial score (nSPS) is 17.8. The van der Waals surface area contributed by atoms with Crippen molar-refractivity contribution in [2.45, 2.75) is 39.3 Å². The number of ether oxygens (including phenoxy) is 2. The summed E-state index contributed by atoms with van der Waals surface area (Å²) in [6, 6.07) is 8.71. The number of benzene rings is 2. The van der Waals surface area contributed by atoms with E-state index < -0.39 is 17.7 Å². The number of aryl methyl sites for hydroxylation is 1. The number of phenolic OH excluding ortho intramolecular Hbond substituents is 1. The average molecular weight is 474 g/mol. The molecule has 1 heterocycles. The van der Waals surface area contributed by atoms with E-state index in [0.717, 1.165) is 5.56 Å². The van der Waals surface area contributed by atoms with Crippen LogP contribution >= 0.6 is 11.6 Å². The van der Waals surface area contributed by atoms with Gasteiger partial charge in [0.25, 0.3) is 11.7 Å². The van der Waals surface area contributed by atoms with Crippen molar-refractivity contribution in [3.63, 3.8) is 0 Å². The van der Waals surface area contributed by atoms with Crippen molar-refractivity contribution in [3.8, 4) is 11.5 Å². The Bertz CT molecular complexity index is 1090. The van der Waals surface area contributed by atoms with Gasteiger partial charge in [0.1, 0.15) is 17.3 Å². The summed E-state index contributed by atoms with van der Waals surface area (Å²) in [5, 5.41) is 21.1. The average Bonchev–Trinajstić information content (AvgIpc) is 3.01. The zero-order valence-corrected chi connectivity index (χ0v) is 19.8. The molecule has 1 saturated heterocycles. The topological polar surface area (TPSA) is 96.3 Å². The maximum Gasteiger partial charge on any atom is 0.295 e. The molecule has 1 atom stereocenters. The van der Waals surface area contributed by atoms with Gasteiger partial charge in [0.15, 0.2) is 0 Å². The minimum absolute atomic E-state index is 0.0141. The molecule has 2 N–H and O–H groups in total. The van der Waals surface area contributed by atoms with Crippen molar-refractivity contribution in [3.05, 3.63) is 63.7 Å². The van der Waals surface area contributed by atoms with Gasteiger partial charge in [-0.05, 0) is 68.7 Å². The highest BCUT2D eigenvalue weighted by atomic mass is 35.5. The Balaban J connectivity index is 2.12. The van der Waals surface area contributed by atoms with Crippen LogP contribution in [-0.2, 0) is 14.3 Å². The van der Waals surface area contributed by atoms with Gasteiger partial charge in [0.2, 0.25) is 0 Å². The monoisotopic (exact) mass is 473 g/mol. The fraction of sp³-hybridized carbons (Fsp3) is 0.360. The molecule has 0 bridgehead atoms. The molecule has 0 radical (unpaired) electrons. The second kappa shape index (κ2) is 10.3. The van der Waals surface area contributed by atoms with E-state index in [4.69, 9.17) is 21.1 Å². The van der Waals surface area contributed by atoms with Crippen molar-refractivity contribution in [2.75, 3.05) is 20.3 Å². The minimum atomic E-state index is -0.855. The molecule has 1 aliphatic heterocycles. The first kappa shape index (κ1) is 24.6. The maximum atomic E-state index is 13.0. The van der Waals surface area contributed by atoms with E-state index in [-0.39, 0.29) is 34.8 Å². The highest BCUT2D eigenvalue weighted by molar-refractivity contribution is 6.46. The molecule has 8 heteroatoms. The van der Waals surface area contributed by atoms with E-state index in [1.807, 2.05) is 20.8 Å². The van der Waals surface area contributed by atoms with Crippen LogP contribution in [0.15, 0.2) is 42.0 Å². The second-order valence-corrected chi connectivity index (χ2v) is 8.60. The molecule has 2 aromatic rings. The molecule has 176 valence electrons. The number of aliphatic hydroxyl groups excluding tert-OH is 1. The minimum Gasteiger partial charge on any atom is -0.507 e. The van der Waals surface area contributed by atoms with Gasteiger partial charge in [-0.15, -0.1) is 0 Å². The number of rotatable bonds is 8. The number of methoxy groups -OCH3 is 1. The predicted molar refractivity (Wildman–Crippen MR) is 126 cm³/mol. The smallest absolute Gasteiger partial charge is 0.295 e. The molecule has 7 nitrogen and oxygen atoms in total. The van der Waals surface area contributed by atoms with Crippen molar-refractivity contribution >= 4 is 29.1 Å². The van der Waals surface area contributed by atoms with Gasteiger partial charge in [0.05, 0.1) is 22.7 Å². The van der Waals surface area contributed by atoms with Gasteiger partial charge in [-0.25, -0.2) is 0 Å². The number of nitrogens with zero attached hydrogens (tertiary/aromatic N) is 1. The van der Waals surface area contributed by atoms with E-state index in [0.29, 0.717) is 29.9 Å². The lowest BCUT2D eigenvalue weighted by molar-refractivity contribution is -0.140. The van der Waals surface area contributed by atoms with E-state index in [1.165, 1.54) is 17.0 Å². The van der Waals surface area contributed by atoms with Gasteiger partial charge < -0.3 is 24.6 Å². The highest BCUT2D eigenvalue weighted by Crippen LogP contribution is 2.41. The predicted octanol–water partition coefficient (Wildman–Crippen LogP) is 4.60. The molecule has 33 heavy (non-hydrogen) atoms. The quantitative estimate of drug-likeness (QED) is 0.252. The molecular formula is C25H28ClNO6. The van der Waals surface area contributed by atoms with Crippen LogP contribution in [-0.4, -0.2) is 53.2 Å². The summed E-state index contributed by atoms with van der Waals surface area (Å²) in [6.45, 7) is 6.33. The van der Waals surface area contributed by atoms with Crippen LogP contribution in [0, 0.1) is 6.92 Å². The highest BCUT2D eigenvalue weighted by Gasteiger charge is 2.46. The molecule has 0 saturated carbocycles. The molecule has 1 amide bonds. The Kier molecular flexibility index (Phi) is 7.66. The number of carbonyl (C=O) groups excluding carboxylic acids is 2. The second-order valence-electron chi connectivity index (χ2n) is 8.20. The van der Waals surface area contributed by atoms with Gasteiger partial charge in [-0.1, -0.05) is 17.7 Å². The number of likely N-dealkylation sites (tertiary alicyclic amines) is 1. The van der Waals surface area contributed by atoms with Crippen molar-refractivity contribution < 1.29 is 29.3 Å². The summed E-state index contributed by atoms with van der Waals surface area (Å²) in [7, 11) is 1.56. The van der Waals surface area contributed by atoms with E-state index >= 15 is 0 Å². The number of carbonyl (C=O) groups is 2. The molecule has 1 unspecified atom stereocenters. The Hall–Kier alpha value is -3.03.